The van der Waals surface area contributed by atoms with Crippen molar-refractivity contribution in [2.75, 3.05) is 21.3 Å². The van der Waals surface area contributed by atoms with E-state index in [-0.39, 0.29) is 0 Å². The Morgan fingerprint density at radius 2 is 1.45 bits per heavy atom. The highest BCUT2D eigenvalue weighted by Crippen LogP contribution is 2.59. The predicted molar refractivity (Wildman–Crippen MR) is 154 cm³/mol. The number of nitrogens with zero attached hydrogens (tertiary/aromatic N) is 1. The normalized spacial score (nSPS) is 12.0. The van der Waals surface area contributed by atoms with E-state index in [2.05, 4.69) is 48.3 Å². The molecule has 1 heterocycles. The Balaban J connectivity index is 1.40. The molecule has 4 nitrogen and oxygen atoms in total. The molecule has 31 heavy (non-hydrogen) atoms. The molecule has 0 radical (unpaired) electrons. The number of benzene rings is 2. The number of thiazole rings is 1. The molecule has 0 spiro atoms. The van der Waals surface area contributed by atoms with Gasteiger partial charge in [-0.05, 0) is 106 Å². The minimum atomic E-state index is -2.87. The first kappa shape index (κ1) is 26.8. The monoisotopic (exact) mass is 601 g/mol. The zero-order valence-electron chi connectivity index (χ0n) is 16.9. The van der Waals surface area contributed by atoms with Gasteiger partial charge in [0.05, 0.1) is 10.2 Å². The van der Waals surface area contributed by atoms with E-state index in [1.165, 1.54) is 4.70 Å². The second kappa shape index (κ2) is 13.9. The Kier molecular flexibility index (Phi) is 12.1. The van der Waals surface area contributed by atoms with Crippen LogP contribution in [0.1, 0.15) is 5.56 Å². The Labute approximate surface area is 217 Å². The second-order valence-corrected chi connectivity index (χ2v) is 22.6. The van der Waals surface area contributed by atoms with Crippen LogP contribution in [0.15, 0.2) is 51.7 Å². The molecule has 0 amide bonds. The van der Waals surface area contributed by atoms with E-state index in [0.29, 0.717) is 0 Å². The quantitative estimate of drug-likeness (QED) is 0.107. The van der Waals surface area contributed by atoms with Crippen molar-refractivity contribution in [3.8, 4) is 0 Å². The molecule has 0 atom stereocenters. The molecule has 2 aromatic carbocycles. The van der Waals surface area contributed by atoms with Crippen LogP contribution in [0.2, 0.25) is 0 Å². The van der Waals surface area contributed by atoms with Crippen LogP contribution in [0, 0.1) is 6.92 Å². The van der Waals surface area contributed by atoms with Gasteiger partial charge < -0.3 is 13.3 Å². The van der Waals surface area contributed by atoms with Gasteiger partial charge in [-0.3, -0.25) is 0 Å². The molecule has 1 aromatic heterocycles. The maximum atomic E-state index is 5.69. The maximum Gasteiger partial charge on any atom is 0.537 e. The largest absolute Gasteiger partial charge is 0.537 e. The number of fused-ring (bicyclic) bond motifs is 1. The molecule has 0 unspecified atom stereocenters. The van der Waals surface area contributed by atoms with Gasteiger partial charge in [0, 0.05) is 31.4 Å². The summed E-state index contributed by atoms with van der Waals surface area (Å²) in [5.41, 5.74) is 2.23. The molecular weight excluding hydrogens is 583 g/mol. The second-order valence-electron chi connectivity index (χ2n) is 5.69. The average Bonchev–Trinajstić information content (AvgIpc) is 3.21. The Bertz CT molecular complexity index is 932. The Hall–Kier alpha value is 1.23. The van der Waals surface area contributed by atoms with Crippen LogP contribution in [0.3, 0.4) is 0 Å². The van der Waals surface area contributed by atoms with Gasteiger partial charge in [-0.2, -0.15) is 0 Å². The zero-order valence-corrected chi connectivity index (χ0v) is 25.2. The third-order valence-electron chi connectivity index (χ3n) is 3.91. The molecule has 0 fully saturated rings. The van der Waals surface area contributed by atoms with Crippen molar-refractivity contribution in [3.63, 3.8) is 0 Å². The van der Waals surface area contributed by atoms with Gasteiger partial charge in [-0.15, -0.1) is 11.3 Å². The van der Waals surface area contributed by atoms with E-state index in [9.17, 15) is 0 Å². The topological polar surface area (TPSA) is 40.6 Å². The molecule has 3 rings (SSSR count). The lowest BCUT2D eigenvalue weighted by atomic mass is 10.2. The van der Waals surface area contributed by atoms with Gasteiger partial charge in [0.15, 0.2) is 4.34 Å². The smallest absolute Gasteiger partial charge is 0.373 e. The first-order valence-electron chi connectivity index (χ1n) is 8.58. The van der Waals surface area contributed by atoms with Crippen molar-refractivity contribution < 1.29 is 13.3 Å². The Morgan fingerprint density at radius 1 is 0.806 bits per heavy atom. The summed E-state index contributed by atoms with van der Waals surface area (Å²) in [5, 5.41) is 1.01. The van der Waals surface area contributed by atoms with Gasteiger partial charge in [-0.1, -0.05) is 29.8 Å². The van der Waals surface area contributed by atoms with Crippen molar-refractivity contribution >= 4 is 116 Å². The van der Waals surface area contributed by atoms with Crippen molar-refractivity contribution in [3.05, 3.63) is 48.0 Å². The SMILES string of the molecule is CO[Si](OC)(OC)c1cc(C)ccc1SSSSSSSSc1nc2ccccc2s1. The van der Waals surface area contributed by atoms with Gasteiger partial charge in [0.25, 0.3) is 0 Å². The summed E-state index contributed by atoms with van der Waals surface area (Å²) in [7, 11) is 15.9. The first-order valence-corrected chi connectivity index (χ1v) is 21.3. The number of aromatic nitrogens is 1. The van der Waals surface area contributed by atoms with E-state index < -0.39 is 8.80 Å². The lowest BCUT2D eigenvalue weighted by Crippen LogP contribution is -2.55. The summed E-state index contributed by atoms with van der Waals surface area (Å²) in [6, 6.07) is 14.6. The first-order chi connectivity index (χ1) is 15.1. The van der Waals surface area contributed by atoms with Crippen LogP contribution < -0.4 is 5.19 Å². The lowest BCUT2D eigenvalue weighted by molar-refractivity contribution is 0.140. The summed E-state index contributed by atoms with van der Waals surface area (Å²) >= 11 is 1.74. The molecule has 3 aromatic rings. The van der Waals surface area contributed by atoms with Gasteiger partial charge in [-0.25, -0.2) is 4.98 Å². The van der Waals surface area contributed by atoms with Crippen LogP contribution in [0.5, 0.6) is 0 Å². The Morgan fingerprint density at radius 3 is 2.13 bits per heavy atom. The molecule has 0 saturated heterocycles. The number of para-hydroxylation sites is 1. The van der Waals surface area contributed by atoms with Crippen molar-refractivity contribution in [1.82, 2.24) is 4.98 Å². The predicted octanol–water partition coefficient (Wildman–Crippen LogP) is 8.38. The van der Waals surface area contributed by atoms with Crippen LogP contribution >= 0.6 is 91.9 Å². The lowest BCUT2D eigenvalue weighted by Gasteiger charge is -2.26. The number of hydrogen-bond donors (Lipinski definition) is 0. The van der Waals surface area contributed by atoms with E-state index in [0.717, 1.165) is 25.5 Å². The molecule has 0 bridgehead atoms. The van der Waals surface area contributed by atoms with Crippen LogP contribution in [-0.2, 0) is 13.3 Å². The fourth-order valence-electron chi connectivity index (χ4n) is 2.56. The molecular formula is C17H19NO3S9Si. The summed E-state index contributed by atoms with van der Waals surface area (Å²) in [6.45, 7) is 2.06. The molecule has 14 heteroatoms. The van der Waals surface area contributed by atoms with Crippen molar-refractivity contribution in [2.24, 2.45) is 0 Å². The van der Waals surface area contributed by atoms with Crippen LogP contribution in [-0.4, -0.2) is 35.1 Å². The third-order valence-corrected chi connectivity index (χ3v) is 23.1. The summed E-state index contributed by atoms with van der Waals surface area (Å²) < 4.78 is 19.4. The van der Waals surface area contributed by atoms with E-state index in [1.807, 2.05) is 6.07 Å². The van der Waals surface area contributed by atoms with E-state index in [1.54, 1.807) is 113 Å². The van der Waals surface area contributed by atoms with Crippen LogP contribution in [0.25, 0.3) is 10.2 Å². The summed E-state index contributed by atoms with van der Waals surface area (Å²) in [5.74, 6) is 0. The van der Waals surface area contributed by atoms with E-state index in [4.69, 9.17) is 13.3 Å². The van der Waals surface area contributed by atoms with Gasteiger partial charge >= 0.3 is 8.80 Å². The highest BCUT2D eigenvalue weighted by molar-refractivity contribution is 9.48. The van der Waals surface area contributed by atoms with Gasteiger partial charge in [0.2, 0.25) is 0 Å². The van der Waals surface area contributed by atoms with Gasteiger partial charge in [0.1, 0.15) is 0 Å². The van der Waals surface area contributed by atoms with Crippen LogP contribution in [0.4, 0.5) is 0 Å². The molecule has 0 saturated carbocycles. The molecule has 168 valence electrons. The number of aryl methyl sites for hydroxylation is 1. The van der Waals surface area contributed by atoms with E-state index >= 15 is 0 Å². The highest BCUT2D eigenvalue weighted by atomic mass is 34.0. The zero-order chi connectivity index (χ0) is 22.1. The molecule has 0 aliphatic heterocycles. The number of hydrogen-bond acceptors (Lipinski definition) is 13. The molecule has 0 aliphatic carbocycles. The fourth-order valence-corrected chi connectivity index (χ4v) is 23.3. The molecule has 0 aliphatic rings. The summed E-state index contributed by atoms with van der Waals surface area (Å²) in [6.07, 6.45) is 0. The average molecular weight is 602 g/mol. The third kappa shape index (κ3) is 7.60. The number of rotatable bonds is 13. The maximum absolute atomic E-state index is 5.69. The standard InChI is InChI=1S/C17H19NO3S9Si/c1-12-9-10-15(16(11-12)31(19-2,20-3)21-4)23-25-27-29-30-28-26-24-17-18-13-7-5-6-8-14(13)22-17/h5-11H,1-4H3. The highest BCUT2D eigenvalue weighted by Gasteiger charge is 2.43. The minimum absolute atomic E-state index is 1.01. The van der Waals surface area contributed by atoms with Crippen molar-refractivity contribution in [1.29, 1.82) is 0 Å². The minimum Gasteiger partial charge on any atom is -0.373 e. The molecule has 0 N–H and O–H groups in total. The summed E-state index contributed by atoms with van der Waals surface area (Å²) in [4.78, 5) is 5.75. The van der Waals surface area contributed by atoms with Crippen molar-refractivity contribution in [2.45, 2.75) is 16.2 Å². The fraction of sp³-hybridized carbons (Fsp3) is 0.235.